The number of fused-ring (bicyclic) bond motifs is 2. The molecule has 0 atom stereocenters. The van der Waals surface area contributed by atoms with Crippen LogP contribution in [-0.4, -0.2) is 7.11 Å². The molecule has 0 aromatic heterocycles. The van der Waals surface area contributed by atoms with E-state index in [1.54, 1.807) is 7.11 Å². The van der Waals surface area contributed by atoms with Crippen molar-refractivity contribution in [3.05, 3.63) is 98.5 Å². The van der Waals surface area contributed by atoms with E-state index in [1.807, 2.05) is 30.3 Å². The van der Waals surface area contributed by atoms with Crippen LogP contribution in [0, 0.1) is 0 Å². The summed E-state index contributed by atoms with van der Waals surface area (Å²) in [4.78, 5) is 0. The van der Waals surface area contributed by atoms with E-state index >= 15 is 0 Å². The summed E-state index contributed by atoms with van der Waals surface area (Å²) in [7, 11) is 1.63. The van der Waals surface area contributed by atoms with E-state index in [-0.39, 0.29) is 0 Å². The molecule has 4 rings (SSSR count). The Balaban J connectivity index is 1.96. The van der Waals surface area contributed by atoms with Crippen molar-refractivity contribution in [3.63, 3.8) is 0 Å². The van der Waals surface area contributed by atoms with Gasteiger partial charge in [0.2, 0.25) is 0 Å². The second kappa shape index (κ2) is 7.19. The molecule has 0 bridgehead atoms. The highest BCUT2D eigenvalue weighted by Crippen LogP contribution is 2.38. The van der Waals surface area contributed by atoms with Crippen LogP contribution in [0.15, 0.2) is 60.7 Å². The van der Waals surface area contributed by atoms with Gasteiger partial charge in [-0.25, -0.2) is 0 Å². The molecule has 0 saturated carbocycles. The molecule has 130 valence electrons. The highest BCUT2D eigenvalue weighted by Gasteiger charge is 2.19. The Morgan fingerprint density at radius 2 is 1.65 bits per heavy atom. The molecule has 1 aliphatic rings. The molecule has 0 heterocycles. The average molecular weight is 381 g/mol. The first-order valence-electron chi connectivity index (χ1n) is 8.58. The summed E-state index contributed by atoms with van der Waals surface area (Å²) in [6.07, 6.45) is 4.11. The second-order valence-electron chi connectivity index (χ2n) is 6.38. The van der Waals surface area contributed by atoms with Crippen LogP contribution in [0.1, 0.15) is 27.8 Å². The lowest BCUT2D eigenvalue weighted by atomic mass is 9.92. The predicted molar refractivity (Wildman–Crippen MR) is 110 cm³/mol. The van der Waals surface area contributed by atoms with Crippen LogP contribution in [0.5, 0.6) is 5.75 Å². The van der Waals surface area contributed by atoms with Gasteiger partial charge in [-0.1, -0.05) is 65.7 Å². The number of ether oxygens (including phenoxy) is 1. The van der Waals surface area contributed by atoms with Crippen LogP contribution >= 0.6 is 23.2 Å². The first-order valence-corrected chi connectivity index (χ1v) is 9.34. The number of rotatable bonds is 2. The van der Waals surface area contributed by atoms with E-state index in [2.05, 4.69) is 36.4 Å². The lowest BCUT2D eigenvalue weighted by Crippen LogP contribution is -1.93. The van der Waals surface area contributed by atoms with Crippen molar-refractivity contribution in [1.29, 1.82) is 0 Å². The van der Waals surface area contributed by atoms with Gasteiger partial charge >= 0.3 is 0 Å². The van der Waals surface area contributed by atoms with Gasteiger partial charge in [-0.3, -0.25) is 0 Å². The lowest BCUT2D eigenvalue weighted by molar-refractivity contribution is 0.415. The molecule has 0 amide bonds. The summed E-state index contributed by atoms with van der Waals surface area (Å²) in [5.74, 6) is 0.675. The fourth-order valence-electron chi connectivity index (χ4n) is 3.56. The Morgan fingerprint density at radius 3 is 2.50 bits per heavy atom. The minimum atomic E-state index is 0.611. The summed E-state index contributed by atoms with van der Waals surface area (Å²) >= 11 is 12.7. The third-order valence-corrected chi connectivity index (χ3v) is 5.51. The zero-order chi connectivity index (χ0) is 18.1. The number of halogens is 2. The smallest absolute Gasteiger partial charge is 0.138 e. The van der Waals surface area contributed by atoms with Gasteiger partial charge in [0.25, 0.3) is 0 Å². The van der Waals surface area contributed by atoms with E-state index in [0.717, 1.165) is 23.4 Å². The molecule has 26 heavy (non-hydrogen) atoms. The van der Waals surface area contributed by atoms with E-state index in [0.29, 0.717) is 10.8 Å². The molecule has 0 radical (unpaired) electrons. The minimum Gasteiger partial charge on any atom is -0.495 e. The predicted octanol–water partition coefficient (Wildman–Crippen LogP) is 6.69. The molecule has 0 aliphatic heterocycles. The van der Waals surface area contributed by atoms with Gasteiger partial charge in [-0.15, -0.1) is 0 Å². The maximum absolute atomic E-state index is 6.53. The Bertz CT molecular complexity index is 1000. The number of benzene rings is 3. The molecule has 3 heteroatoms. The van der Waals surface area contributed by atoms with Crippen molar-refractivity contribution < 1.29 is 4.74 Å². The molecule has 0 unspecified atom stereocenters. The van der Waals surface area contributed by atoms with Crippen molar-refractivity contribution in [1.82, 2.24) is 0 Å². The number of methoxy groups -OCH3 is 1. The highest BCUT2D eigenvalue weighted by molar-refractivity contribution is 6.32. The third kappa shape index (κ3) is 3.13. The molecule has 0 saturated heterocycles. The van der Waals surface area contributed by atoms with Crippen molar-refractivity contribution in [2.75, 3.05) is 7.11 Å². The zero-order valence-corrected chi connectivity index (χ0v) is 15.9. The van der Waals surface area contributed by atoms with Crippen molar-refractivity contribution in [3.8, 4) is 5.75 Å². The van der Waals surface area contributed by atoms with Gasteiger partial charge in [0.15, 0.2) is 0 Å². The lowest BCUT2D eigenvalue weighted by Gasteiger charge is -2.13. The van der Waals surface area contributed by atoms with Crippen LogP contribution < -0.4 is 4.74 Å². The molecular formula is C23H18Cl2O. The largest absolute Gasteiger partial charge is 0.495 e. The first-order chi connectivity index (χ1) is 12.7. The minimum absolute atomic E-state index is 0.611. The van der Waals surface area contributed by atoms with Gasteiger partial charge in [-0.05, 0) is 70.5 Å². The monoisotopic (exact) mass is 380 g/mol. The topological polar surface area (TPSA) is 9.23 Å². The average Bonchev–Trinajstić information content (AvgIpc) is 2.82. The van der Waals surface area contributed by atoms with Crippen LogP contribution in [0.3, 0.4) is 0 Å². The molecular weight excluding hydrogens is 363 g/mol. The summed E-state index contributed by atoms with van der Waals surface area (Å²) < 4.78 is 5.38. The van der Waals surface area contributed by atoms with Gasteiger partial charge in [0.05, 0.1) is 12.1 Å². The fourth-order valence-corrected chi connectivity index (χ4v) is 4.02. The van der Waals surface area contributed by atoms with Gasteiger partial charge in [0.1, 0.15) is 5.75 Å². The second-order valence-corrected chi connectivity index (χ2v) is 7.19. The Hall–Kier alpha value is -2.22. The van der Waals surface area contributed by atoms with Crippen LogP contribution in [0.25, 0.3) is 11.6 Å². The normalized spacial score (nSPS) is 14.5. The zero-order valence-electron chi connectivity index (χ0n) is 14.4. The van der Waals surface area contributed by atoms with Gasteiger partial charge < -0.3 is 4.74 Å². The Labute approximate surface area is 163 Å². The van der Waals surface area contributed by atoms with E-state index in [4.69, 9.17) is 27.9 Å². The van der Waals surface area contributed by atoms with Crippen LogP contribution in [0.4, 0.5) is 0 Å². The third-order valence-electron chi connectivity index (χ3n) is 4.85. The number of aryl methyl sites for hydroxylation is 1. The summed E-state index contributed by atoms with van der Waals surface area (Å²) in [5, 5.41) is 1.44. The fraction of sp³-hybridized carbons (Fsp3) is 0.130. The maximum Gasteiger partial charge on any atom is 0.138 e. The van der Waals surface area contributed by atoms with Crippen LogP contribution in [-0.2, 0) is 12.8 Å². The first kappa shape index (κ1) is 17.2. The highest BCUT2D eigenvalue weighted by atomic mass is 35.5. The molecule has 3 aromatic carbocycles. The standard InChI is InChI=1S/C23H18Cl2O/c1-26-23-14-15(9-12-22(23)25)13-20-17-6-3-2-5-16(17)10-11-19-18(20)7-4-8-21(19)24/h2-9,12-14H,10-11H2,1H3/b20-13+. The van der Waals surface area contributed by atoms with E-state index in [1.165, 1.54) is 27.8 Å². The Kier molecular flexibility index (Phi) is 4.76. The van der Waals surface area contributed by atoms with Crippen LogP contribution in [0.2, 0.25) is 10.0 Å². The number of hydrogen-bond donors (Lipinski definition) is 0. The van der Waals surface area contributed by atoms with Gasteiger partial charge in [-0.2, -0.15) is 0 Å². The van der Waals surface area contributed by atoms with E-state index in [9.17, 15) is 0 Å². The molecule has 0 spiro atoms. The SMILES string of the molecule is COc1cc(/C=C2\c3ccccc3CCc3c(Cl)cccc32)ccc1Cl. The summed E-state index contributed by atoms with van der Waals surface area (Å²) in [5.41, 5.74) is 7.21. The molecule has 0 fully saturated rings. The molecule has 1 nitrogen and oxygen atoms in total. The maximum atomic E-state index is 6.53. The van der Waals surface area contributed by atoms with E-state index < -0.39 is 0 Å². The molecule has 3 aromatic rings. The van der Waals surface area contributed by atoms with Gasteiger partial charge in [0, 0.05) is 5.02 Å². The van der Waals surface area contributed by atoms with Crippen molar-refractivity contribution in [2.45, 2.75) is 12.8 Å². The summed E-state index contributed by atoms with van der Waals surface area (Å²) in [6, 6.07) is 20.6. The molecule has 0 N–H and O–H groups in total. The van der Waals surface area contributed by atoms with Crippen molar-refractivity contribution in [2.24, 2.45) is 0 Å². The number of hydrogen-bond acceptors (Lipinski definition) is 1. The molecule has 1 aliphatic carbocycles. The summed E-state index contributed by atoms with van der Waals surface area (Å²) in [6.45, 7) is 0. The van der Waals surface area contributed by atoms with Crippen molar-refractivity contribution >= 4 is 34.9 Å². The quantitative estimate of drug-likeness (QED) is 0.481. The Morgan fingerprint density at radius 1 is 0.846 bits per heavy atom.